The second-order valence-electron chi connectivity index (χ2n) is 6.67. The van der Waals surface area contributed by atoms with Crippen LogP contribution in [0.15, 0.2) is 18.3 Å². The Balaban J connectivity index is 1.54. The predicted molar refractivity (Wildman–Crippen MR) is 96.0 cm³/mol. The molecular formula is C18H28N4O3. The van der Waals surface area contributed by atoms with Gasteiger partial charge >= 0.3 is 6.03 Å². The Morgan fingerprint density at radius 1 is 1.28 bits per heavy atom. The highest BCUT2D eigenvalue weighted by atomic mass is 16.5. The number of ether oxygens (including phenoxy) is 2. The van der Waals surface area contributed by atoms with Gasteiger partial charge in [0.1, 0.15) is 0 Å². The van der Waals surface area contributed by atoms with Crippen molar-refractivity contribution in [2.45, 2.75) is 31.8 Å². The molecule has 2 aliphatic heterocycles. The molecule has 25 heavy (non-hydrogen) atoms. The summed E-state index contributed by atoms with van der Waals surface area (Å²) in [5.41, 5.74) is 0.670. The highest BCUT2D eigenvalue weighted by Crippen LogP contribution is 2.15. The number of carbonyl (C=O) groups is 1. The first kappa shape index (κ1) is 17.9. The van der Waals surface area contributed by atoms with E-state index in [4.69, 9.17) is 9.47 Å². The Morgan fingerprint density at radius 3 is 2.84 bits per heavy atom. The van der Waals surface area contributed by atoms with Crippen LogP contribution in [0.25, 0.3) is 0 Å². The number of piperidine rings is 1. The van der Waals surface area contributed by atoms with Gasteiger partial charge in [-0.3, -0.25) is 0 Å². The molecule has 7 nitrogen and oxygen atoms in total. The number of anilines is 1. The zero-order valence-electron chi connectivity index (χ0n) is 14.9. The number of pyridine rings is 1. The third-order valence-electron chi connectivity index (χ3n) is 4.74. The van der Waals surface area contributed by atoms with Crippen LogP contribution < -0.4 is 10.1 Å². The smallest absolute Gasteiger partial charge is 0.321 e. The van der Waals surface area contributed by atoms with Gasteiger partial charge in [0.05, 0.1) is 25.1 Å². The van der Waals surface area contributed by atoms with Gasteiger partial charge in [-0.05, 0) is 38.4 Å². The van der Waals surface area contributed by atoms with Gasteiger partial charge in [0, 0.05) is 32.3 Å². The van der Waals surface area contributed by atoms with Crippen molar-refractivity contribution in [2.24, 2.45) is 0 Å². The van der Waals surface area contributed by atoms with Crippen molar-refractivity contribution in [2.75, 3.05) is 51.8 Å². The Hall–Kier alpha value is -1.86. The largest absolute Gasteiger partial charge is 0.481 e. The van der Waals surface area contributed by atoms with Gasteiger partial charge in [-0.25, -0.2) is 9.78 Å². The maximum absolute atomic E-state index is 12.6. The Morgan fingerprint density at radius 2 is 2.12 bits per heavy atom. The summed E-state index contributed by atoms with van der Waals surface area (Å²) in [6.45, 7) is 5.26. The summed E-state index contributed by atoms with van der Waals surface area (Å²) in [6, 6.07) is 3.44. The van der Waals surface area contributed by atoms with E-state index in [1.165, 1.54) is 19.3 Å². The van der Waals surface area contributed by atoms with Crippen LogP contribution in [0, 0.1) is 0 Å². The molecular weight excluding hydrogens is 320 g/mol. The molecule has 1 aromatic heterocycles. The molecule has 2 fully saturated rings. The van der Waals surface area contributed by atoms with Crippen LogP contribution in [0.2, 0.25) is 0 Å². The van der Waals surface area contributed by atoms with Gasteiger partial charge < -0.3 is 24.6 Å². The van der Waals surface area contributed by atoms with Gasteiger partial charge in [0.15, 0.2) is 0 Å². The summed E-state index contributed by atoms with van der Waals surface area (Å²) >= 11 is 0. The molecule has 1 unspecified atom stereocenters. The van der Waals surface area contributed by atoms with E-state index in [1.807, 2.05) is 4.90 Å². The van der Waals surface area contributed by atoms with E-state index < -0.39 is 0 Å². The molecule has 1 aromatic rings. The van der Waals surface area contributed by atoms with Crippen molar-refractivity contribution in [3.8, 4) is 5.88 Å². The maximum atomic E-state index is 12.6. The quantitative estimate of drug-likeness (QED) is 0.903. The van der Waals surface area contributed by atoms with Crippen molar-refractivity contribution in [1.29, 1.82) is 0 Å². The van der Waals surface area contributed by atoms with Crippen molar-refractivity contribution in [1.82, 2.24) is 14.8 Å². The highest BCUT2D eigenvalue weighted by molar-refractivity contribution is 5.89. The molecule has 2 amide bonds. The zero-order chi connectivity index (χ0) is 17.5. The molecule has 7 heteroatoms. The Labute approximate surface area is 149 Å². The Bertz CT molecular complexity index is 546. The zero-order valence-corrected chi connectivity index (χ0v) is 14.9. The summed E-state index contributed by atoms with van der Waals surface area (Å²) in [6.07, 6.45) is 6.41. The summed E-state index contributed by atoms with van der Waals surface area (Å²) in [4.78, 5) is 21.0. The molecule has 3 heterocycles. The third-order valence-corrected chi connectivity index (χ3v) is 4.74. The van der Waals surface area contributed by atoms with E-state index in [1.54, 1.807) is 25.4 Å². The average Bonchev–Trinajstić information content (AvgIpc) is 2.89. The number of methoxy groups -OCH3 is 1. The molecule has 0 bridgehead atoms. The van der Waals surface area contributed by atoms with E-state index in [9.17, 15) is 4.79 Å². The van der Waals surface area contributed by atoms with Crippen LogP contribution in [0.4, 0.5) is 10.5 Å². The predicted octanol–water partition coefficient (Wildman–Crippen LogP) is 2.20. The second-order valence-corrected chi connectivity index (χ2v) is 6.67. The van der Waals surface area contributed by atoms with E-state index in [-0.39, 0.29) is 12.1 Å². The fourth-order valence-electron chi connectivity index (χ4n) is 3.40. The van der Waals surface area contributed by atoms with Crippen molar-refractivity contribution in [3.05, 3.63) is 18.3 Å². The number of rotatable bonds is 4. The van der Waals surface area contributed by atoms with Crippen LogP contribution in [0.1, 0.15) is 25.7 Å². The van der Waals surface area contributed by atoms with Gasteiger partial charge in [0.25, 0.3) is 0 Å². The van der Waals surface area contributed by atoms with Crippen LogP contribution >= 0.6 is 0 Å². The van der Waals surface area contributed by atoms with Crippen LogP contribution in [-0.4, -0.2) is 73.4 Å². The first-order chi connectivity index (χ1) is 12.2. The molecule has 0 radical (unpaired) electrons. The molecule has 0 saturated carbocycles. The summed E-state index contributed by atoms with van der Waals surface area (Å²) in [7, 11) is 1.57. The lowest BCUT2D eigenvalue weighted by Gasteiger charge is -2.31. The van der Waals surface area contributed by atoms with E-state index in [2.05, 4.69) is 15.2 Å². The lowest BCUT2D eigenvalue weighted by molar-refractivity contribution is 0.0261. The molecule has 138 valence electrons. The number of aromatic nitrogens is 1. The van der Waals surface area contributed by atoms with E-state index in [0.29, 0.717) is 31.3 Å². The molecule has 1 atom stereocenters. The Kier molecular flexibility index (Phi) is 6.47. The van der Waals surface area contributed by atoms with Crippen molar-refractivity contribution in [3.63, 3.8) is 0 Å². The molecule has 3 rings (SSSR count). The van der Waals surface area contributed by atoms with Gasteiger partial charge in [-0.15, -0.1) is 0 Å². The molecule has 0 spiro atoms. The van der Waals surface area contributed by atoms with Crippen molar-refractivity contribution >= 4 is 11.7 Å². The second kappa shape index (κ2) is 9.01. The SMILES string of the molecule is COc1ccc(NC(=O)N2CCCOC(CN3CCCCC3)C2)cn1. The third kappa shape index (κ3) is 5.31. The fourth-order valence-corrected chi connectivity index (χ4v) is 3.40. The van der Waals surface area contributed by atoms with Gasteiger partial charge in [-0.1, -0.05) is 6.42 Å². The van der Waals surface area contributed by atoms with Crippen LogP contribution in [0.5, 0.6) is 5.88 Å². The maximum Gasteiger partial charge on any atom is 0.321 e. The molecule has 0 aliphatic carbocycles. The number of nitrogens with zero attached hydrogens (tertiary/aromatic N) is 3. The summed E-state index contributed by atoms with van der Waals surface area (Å²) in [5.74, 6) is 0.530. The number of hydrogen-bond acceptors (Lipinski definition) is 5. The number of amides is 2. The van der Waals surface area contributed by atoms with Crippen molar-refractivity contribution < 1.29 is 14.3 Å². The van der Waals surface area contributed by atoms with Crippen LogP contribution in [0.3, 0.4) is 0 Å². The van der Waals surface area contributed by atoms with E-state index in [0.717, 1.165) is 26.1 Å². The molecule has 0 aromatic carbocycles. The highest BCUT2D eigenvalue weighted by Gasteiger charge is 2.25. The summed E-state index contributed by atoms with van der Waals surface area (Å²) in [5, 5.41) is 2.91. The minimum Gasteiger partial charge on any atom is -0.481 e. The number of carbonyl (C=O) groups excluding carboxylic acids is 1. The fraction of sp³-hybridized carbons (Fsp3) is 0.667. The average molecular weight is 348 g/mol. The lowest BCUT2D eigenvalue weighted by Crippen LogP contribution is -2.45. The standard InChI is InChI=1S/C18H28N4O3/c1-24-17-7-6-15(12-19-17)20-18(23)22-10-5-11-25-16(14-22)13-21-8-3-2-4-9-21/h6-7,12,16H,2-5,8-11,13-14H2,1H3,(H,20,23). The van der Waals surface area contributed by atoms with Crippen LogP contribution in [-0.2, 0) is 4.74 Å². The van der Waals surface area contributed by atoms with Gasteiger partial charge in [0.2, 0.25) is 5.88 Å². The first-order valence-electron chi connectivity index (χ1n) is 9.14. The monoisotopic (exact) mass is 348 g/mol. The normalized spacial score (nSPS) is 22.3. The molecule has 2 aliphatic rings. The minimum atomic E-state index is -0.0962. The van der Waals surface area contributed by atoms with Gasteiger partial charge in [-0.2, -0.15) is 0 Å². The number of nitrogens with one attached hydrogen (secondary N) is 1. The summed E-state index contributed by atoms with van der Waals surface area (Å²) < 4.78 is 11.0. The minimum absolute atomic E-state index is 0.0837. The molecule has 1 N–H and O–H groups in total. The lowest BCUT2D eigenvalue weighted by atomic mass is 10.1. The topological polar surface area (TPSA) is 66.9 Å². The number of hydrogen-bond donors (Lipinski definition) is 1. The van der Waals surface area contributed by atoms with E-state index >= 15 is 0 Å². The number of urea groups is 1. The first-order valence-corrected chi connectivity index (χ1v) is 9.14. The number of likely N-dealkylation sites (tertiary alicyclic amines) is 1. The molecule has 2 saturated heterocycles.